The fourth-order valence-electron chi connectivity index (χ4n) is 2.97. The molecule has 0 N–H and O–H groups in total. The van der Waals surface area contributed by atoms with Crippen LogP contribution in [0.25, 0.3) is 16.9 Å². The summed E-state index contributed by atoms with van der Waals surface area (Å²) in [7, 11) is 0. The molecule has 3 aromatic rings. The lowest BCUT2D eigenvalue weighted by Crippen LogP contribution is -2.21. The van der Waals surface area contributed by atoms with Crippen LogP contribution in [-0.4, -0.2) is 26.1 Å². The number of halogens is 2. The van der Waals surface area contributed by atoms with Gasteiger partial charge in [-0.1, -0.05) is 5.57 Å². The van der Waals surface area contributed by atoms with Gasteiger partial charge in [-0.15, -0.1) is 0 Å². The van der Waals surface area contributed by atoms with E-state index in [-0.39, 0.29) is 11.1 Å². The lowest BCUT2D eigenvalue weighted by molar-refractivity contribution is 0.595. The van der Waals surface area contributed by atoms with Crippen molar-refractivity contribution in [3.8, 4) is 11.1 Å². The maximum atomic E-state index is 14.8. The molecule has 5 nitrogen and oxygen atoms in total. The lowest BCUT2D eigenvalue weighted by atomic mass is 10.0. The summed E-state index contributed by atoms with van der Waals surface area (Å²) in [5.74, 6) is 0.0594. The Morgan fingerprint density at radius 2 is 1.92 bits per heavy atom. The summed E-state index contributed by atoms with van der Waals surface area (Å²) >= 11 is 0. The molecule has 0 saturated heterocycles. The van der Waals surface area contributed by atoms with E-state index in [2.05, 4.69) is 15.1 Å². The Balaban J connectivity index is 2.42. The minimum atomic E-state index is -0.497. The summed E-state index contributed by atoms with van der Waals surface area (Å²) in [6.07, 6.45) is 3.35. The second-order valence-electron chi connectivity index (χ2n) is 6.44. The summed E-state index contributed by atoms with van der Waals surface area (Å²) in [5.41, 5.74) is 2.54. The second kappa shape index (κ2) is 6.82. The van der Waals surface area contributed by atoms with Gasteiger partial charge in [0.05, 0.1) is 5.69 Å². The van der Waals surface area contributed by atoms with Crippen LogP contribution >= 0.6 is 0 Å². The summed E-state index contributed by atoms with van der Waals surface area (Å²) < 4.78 is 30.5. The van der Waals surface area contributed by atoms with Crippen molar-refractivity contribution < 1.29 is 8.78 Å². The molecule has 3 rings (SSSR count). The zero-order valence-corrected chi connectivity index (χ0v) is 15.5. The molecule has 0 bridgehead atoms. The van der Waals surface area contributed by atoms with E-state index in [0.29, 0.717) is 29.4 Å². The third-order valence-electron chi connectivity index (χ3n) is 4.13. The van der Waals surface area contributed by atoms with E-state index < -0.39 is 11.6 Å². The Labute approximate surface area is 151 Å². The molecular weight excluding hydrogens is 336 g/mol. The number of benzene rings is 1. The van der Waals surface area contributed by atoms with Gasteiger partial charge in [0.1, 0.15) is 23.8 Å². The first-order valence-electron chi connectivity index (χ1n) is 8.41. The quantitative estimate of drug-likeness (QED) is 0.693. The highest BCUT2D eigenvalue weighted by Gasteiger charge is 2.23. The molecule has 1 aromatic carbocycles. The topological polar surface area (TPSA) is 46.3 Å². The molecule has 0 fully saturated rings. The fraction of sp³-hybridized carbons (Fsp3) is 0.316. The molecule has 0 unspecified atom stereocenters. The first-order valence-corrected chi connectivity index (χ1v) is 8.41. The van der Waals surface area contributed by atoms with Crippen molar-refractivity contribution in [3.63, 3.8) is 0 Å². The van der Waals surface area contributed by atoms with Crippen LogP contribution in [0, 0.1) is 25.5 Å². The Morgan fingerprint density at radius 1 is 1.19 bits per heavy atom. The molecule has 0 radical (unpaired) electrons. The van der Waals surface area contributed by atoms with Gasteiger partial charge in [-0.25, -0.2) is 13.8 Å². The lowest BCUT2D eigenvalue weighted by Gasteiger charge is -2.24. The number of hydrogen-bond donors (Lipinski definition) is 0. The predicted molar refractivity (Wildman–Crippen MR) is 98.1 cm³/mol. The molecule has 0 spiro atoms. The van der Waals surface area contributed by atoms with Crippen molar-refractivity contribution in [2.75, 3.05) is 11.4 Å². The van der Waals surface area contributed by atoms with E-state index in [1.54, 1.807) is 11.4 Å². The van der Waals surface area contributed by atoms with Gasteiger partial charge in [0.25, 0.3) is 5.78 Å². The molecule has 0 aliphatic heterocycles. The number of fused-ring (bicyclic) bond motifs is 1. The van der Waals surface area contributed by atoms with Gasteiger partial charge in [0.2, 0.25) is 0 Å². The fourth-order valence-corrected chi connectivity index (χ4v) is 2.97. The van der Waals surface area contributed by atoms with Gasteiger partial charge in [-0.05, 0) is 52.3 Å². The first-order chi connectivity index (χ1) is 12.3. The average molecular weight is 357 g/mol. The molecule has 0 aliphatic carbocycles. The zero-order chi connectivity index (χ0) is 19.0. The highest BCUT2D eigenvalue weighted by molar-refractivity contribution is 5.80. The first kappa shape index (κ1) is 18.0. The maximum absolute atomic E-state index is 14.8. The molecule has 136 valence electrons. The predicted octanol–water partition coefficient (Wildman–Crippen LogP) is 4.44. The normalized spacial score (nSPS) is 11.0. The van der Waals surface area contributed by atoms with E-state index >= 15 is 0 Å². The summed E-state index contributed by atoms with van der Waals surface area (Å²) in [6.45, 7) is 9.85. The summed E-state index contributed by atoms with van der Waals surface area (Å²) in [4.78, 5) is 10.5. The van der Waals surface area contributed by atoms with Crippen molar-refractivity contribution in [2.24, 2.45) is 0 Å². The number of anilines is 1. The van der Waals surface area contributed by atoms with Crippen LogP contribution in [0.5, 0.6) is 0 Å². The Hall–Kier alpha value is -2.83. The number of aromatic nitrogens is 4. The van der Waals surface area contributed by atoms with Crippen LogP contribution in [0.15, 0.2) is 30.2 Å². The highest BCUT2D eigenvalue weighted by Crippen LogP contribution is 2.36. The summed E-state index contributed by atoms with van der Waals surface area (Å²) in [6, 6.07) is 2.42. The third-order valence-corrected chi connectivity index (χ3v) is 4.13. The van der Waals surface area contributed by atoms with Crippen molar-refractivity contribution in [1.29, 1.82) is 0 Å². The van der Waals surface area contributed by atoms with Crippen molar-refractivity contribution in [2.45, 2.75) is 34.6 Å². The standard InChI is InChI=1S/C19H21F2N5/c1-6-25(9-11(2)3)18-17(13(5)24-19-22-10-23-26(18)19)14-8-15(20)12(4)7-16(14)21/h7-10H,6H2,1-5H3. The minimum absolute atomic E-state index is 0.158. The monoisotopic (exact) mass is 357 g/mol. The minimum Gasteiger partial charge on any atom is -0.333 e. The Bertz CT molecular complexity index is 1000. The van der Waals surface area contributed by atoms with Gasteiger partial charge < -0.3 is 4.90 Å². The van der Waals surface area contributed by atoms with Gasteiger partial charge in [0, 0.05) is 23.9 Å². The number of nitrogens with zero attached hydrogens (tertiary/aromatic N) is 5. The SMILES string of the molecule is CCN(C=C(C)C)c1c(-c2cc(F)c(C)cc2F)c(C)nc2ncnn12. The largest absolute Gasteiger partial charge is 0.333 e. The van der Waals surface area contributed by atoms with E-state index in [0.717, 1.165) is 5.57 Å². The van der Waals surface area contributed by atoms with Crippen LogP contribution in [0.3, 0.4) is 0 Å². The van der Waals surface area contributed by atoms with Gasteiger partial charge in [-0.3, -0.25) is 0 Å². The van der Waals surface area contributed by atoms with E-state index in [1.807, 2.05) is 31.9 Å². The van der Waals surface area contributed by atoms with E-state index in [9.17, 15) is 8.78 Å². The van der Waals surface area contributed by atoms with Gasteiger partial charge in [0.15, 0.2) is 0 Å². The van der Waals surface area contributed by atoms with Gasteiger partial charge in [-0.2, -0.15) is 14.6 Å². The van der Waals surface area contributed by atoms with Crippen LogP contribution in [0.1, 0.15) is 32.0 Å². The van der Waals surface area contributed by atoms with E-state index in [4.69, 9.17) is 0 Å². The molecule has 0 saturated carbocycles. The average Bonchev–Trinajstić information content (AvgIpc) is 3.03. The molecule has 0 amide bonds. The molecule has 7 heteroatoms. The van der Waals surface area contributed by atoms with E-state index in [1.165, 1.54) is 25.4 Å². The highest BCUT2D eigenvalue weighted by atomic mass is 19.1. The van der Waals surface area contributed by atoms with Crippen LogP contribution < -0.4 is 4.90 Å². The second-order valence-corrected chi connectivity index (χ2v) is 6.44. The maximum Gasteiger partial charge on any atom is 0.254 e. The van der Waals surface area contributed by atoms with Crippen LogP contribution in [0.4, 0.5) is 14.6 Å². The number of rotatable bonds is 4. The Kier molecular flexibility index (Phi) is 4.71. The summed E-state index contributed by atoms with van der Waals surface area (Å²) in [5, 5.41) is 4.25. The zero-order valence-electron chi connectivity index (χ0n) is 15.5. The number of hydrogen-bond acceptors (Lipinski definition) is 4. The third kappa shape index (κ3) is 3.05. The molecule has 2 aromatic heterocycles. The molecule has 0 atom stereocenters. The Morgan fingerprint density at radius 3 is 2.58 bits per heavy atom. The number of allylic oxidation sites excluding steroid dienone is 1. The molecular formula is C19H21F2N5. The molecule has 0 aliphatic rings. The van der Waals surface area contributed by atoms with Crippen molar-refractivity contribution >= 4 is 11.6 Å². The van der Waals surface area contributed by atoms with Crippen molar-refractivity contribution in [3.05, 3.63) is 53.1 Å². The molecule has 26 heavy (non-hydrogen) atoms. The number of aryl methyl sites for hydroxylation is 2. The smallest absolute Gasteiger partial charge is 0.254 e. The van der Waals surface area contributed by atoms with Crippen molar-refractivity contribution in [1.82, 2.24) is 19.6 Å². The van der Waals surface area contributed by atoms with Crippen LogP contribution in [0.2, 0.25) is 0 Å². The molecule has 2 heterocycles. The van der Waals surface area contributed by atoms with Gasteiger partial charge >= 0.3 is 0 Å². The van der Waals surface area contributed by atoms with Crippen LogP contribution in [-0.2, 0) is 0 Å².